The van der Waals surface area contributed by atoms with E-state index >= 15 is 0 Å². The lowest BCUT2D eigenvalue weighted by molar-refractivity contribution is -0.142. The Labute approximate surface area is 244 Å². The van der Waals surface area contributed by atoms with E-state index in [0.717, 1.165) is 81.2 Å². The van der Waals surface area contributed by atoms with Gasteiger partial charge >= 0.3 is 5.97 Å². The van der Waals surface area contributed by atoms with E-state index in [-0.39, 0.29) is 5.97 Å². The zero-order valence-electron chi connectivity index (χ0n) is 22.8. The van der Waals surface area contributed by atoms with Crippen LogP contribution in [0.3, 0.4) is 0 Å². The van der Waals surface area contributed by atoms with Crippen molar-refractivity contribution in [3.63, 3.8) is 0 Å². The second-order valence-corrected chi connectivity index (χ2v) is 11.2. The fourth-order valence-corrected chi connectivity index (χ4v) is 5.71. The number of piperazine rings is 1. The van der Waals surface area contributed by atoms with Crippen molar-refractivity contribution in [3.05, 3.63) is 57.6 Å². The lowest BCUT2D eigenvalue weighted by Gasteiger charge is -2.32. The Morgan fingerprint density at radius 1 is 1.02 bits per heavy atom. The third kappa shape index (κ3) is 7.20. The van der Waals surface area contributed by atoms with Crippen molar-refractivity contribution in [1.82, 2.24) is 25.4 Å². The van der Waals surface area contributed by atoms with E-state index in [1.165, 1.54) is 7.11 Å². The maximum absolute atomic E-state index is 11.7. The number of ether oxygens (including phenoxy) is 2. The summed E-state index contributed by atoms with van der Waals surface area (Å²) in [5, 5.41) is 13.2. The van der Waals surface area contributed by atoms with Gasteiger partial charge in [-0.3, -0.25) is 9.69 Å². The zero-order valence-corrected chi connectivity index (χ0v) is 24.3. The smallest absolute Gasteiger partial charge is 0.305 e. The van der Waals surface area contributed by atoms with Gasteiger partial charge in [-0.15, -0.1) is 10.2 Å². The van der Waals surface area contributed by atoms with Crippen LogP contribution in [0.1, 0.15) is 30.4 Å². The molecule has 2 fully saturated rings. The van der Waals surface area contributed by atoms with Crippen molar-refractivity contribution < 1.29 is 14.3 Å². The van der Waals surface area contributed by atoms with Crippen molar-refractivity contribution in [1.29, 1.82) is 0 Å². The number of anilines is 1. The summed E-state index contributed by atoms with van der Waals surface area (Å²) in [5.41, 5.74) is 3.54. The molecule has 0 bridgehead atoms. The van der Waals surface area contributed by atoms with Crippen LogP contribution in [-0.2, 0) is 16.1 Å². The number of benzene rings is 1. The molecular formula is C29H34Cl2N6O3. The molecule has 1 aromatic carbocycles. The maximum Gasteiger partial charge on any atom is 0.305 e. The number of rotatable bonds is 8. The molecule has 40 heavy (non-hydrogen) atoms. The Balaban J connectivity index is 1.38. The normalized spacial score (nSPS) is 16.6. The molecule has 11 heteroatoms. The highest BCUT2D eigenvalue weighted by molar-refractivity contribution is 6.35. The van der Waals surface area contributed by atoms with Gasteiger partial charge in [0.05, 0.1) is 12.8 Å². The fraction of sp³-hybridized carbons (Fsp3) is 0.448. The van der Waals surface area contributed by atoms with Gasteiger partial charge in [0.15, 0.2) is 5.82 Å². The van der Waals surface area contributed by atoms with Gasteiger partial charge in [-0.05, 0) is 74.7 Å². The molecule has 0 spiro atoms. The average Bonchev–Trinajstić information content (AvgIpc) is 2.96. The molecule has 4 heterocycles. The zero-order chi connectivity index (χ0) is 28.1. The van der Waals surface area contributed by atoms with Crippen LogP contribution in [0.15, 0.2) is 36.4 Å². The molecule has 0 saturated carbocycles. The number of hydrogen-bond donors (Lipinski definition) is 1. The molecule has 0 aliphatic carbocycles. The number of aromatic nitrogens is 3. The van der Waals surface area contributed by atoms with Gasteiger partial charge in [0.2, 0.25) is 11.8 Å². The highest BCUT2D eigenvalue weighted by Crippen LogP contribution is 2.33. The first-order valence-electron chi connectivity index (χ1n) is 13.6. The van der Waals surface area contributed by atoms with Crippen LogP contribution in [0.25, 0.3) is 11.3 Å². The van der Waals surface area contributed by atoms with Crippen LogP contribution in [0.2, 0.25) is 10.0 Å². The number of pyridine rings is 1. The number of carbonyl (C=O) groups excluding carboxylic acids is 1. The first kappa shape index (κ1) is 28.5. The summed E-state index contributed by atoms with van der Waals surface area (Å²) >= 11 is 12.6. The summed E-state index contributed by atoms with van der Waals surface area (Å²) in [4.78, 5) is 21.2. The average molecular weight is 586 g/mol. The SMILES string of the molecule is COC(=O)CC1CCN(Cc2cc(-c3cc(Cl)cc(Cl)c3)nc(Oc3ccc(N4CCNCC4)nn3)c2C)CC1. The second kappa shape index (κ2) is 13.1. The van der Waals surface area contributed by atoms with Crippen molar-refractivity contribution in [2.75, 3.05) is 51.3 Å². The fourth-order valence-electron chi connectivity index (χ4n) is 5.19. The van der Waals surface area contributed by atoms with E-state index in [1.54, 1.807) is 6.07 Å². The van der Waals surface area contributed by atoms with Gasteiger partial charge in [-0.2, -0.15) is 0 Å². The number of piperidine rings is 1. The predicted molar refractivity (Wildman–Crippen MR) is 156 cm³/mol. The van der Waals surface area contributed by atoms with Gasteiger partial charge < -0.3 is 19.7 Å². The lowest BCUT2D eigenvalue weighted by Crippen LogP contribution is -2.43. The summed E-state index contributed by atoms with van der Waals surface area (Å²) in [5.74, 6) is 1.89. The molecule has 0 amide bonds. The van der Waals surface area contributed by atoms with Crippen molar-refractivity contribution in [2.45, 2.75) is 32.7 Å². The van der Waals surface area contributed by atoms with Gasteiger partial charge in [-0.25, -0.2) is 4.98 Å². The Kier molecular flexibility index (Phi) is 9.36. The van der Waals surface area contributed by atoms with Gasteiger partial charge in [-0.1, -0.05) is 23.2 Å². The van der Waals surface area contributed by atoms with Crippen molar-refractivity contribution >= 4 is 35.0 Å². The van der Waals surface area contributed by atoms with E-state index < -0.39 is 0 Å². The molecule has 9 nitrogen and oxygen atoms in total. The molecule has 0 atom stereocenters. The van der Waals surface area contributed by atoms with Crippen LogP contribution < -0.4 is 15.0 Å². The van der Waals surface area contributed by atoms with Crippen LogP contribution in [0.4, 0.5) is 5.82 Å². The first-order valence-corrected chi connectivity index (χ1v) is 14.4. The standard InChI is InChI=1S/C29H34Cl2N6O3/c1-19-22(18-36-9-5-20(6-10-36)13-28(38)39-2)16-25(21-14-23(30)17-24(31)15-21)33-29(19)40-27-4-3-26(34-35-27)37-11-7-32-8-12-37/h3-4,14-17,20,32H,5-13,18H2,1-2H3. The number of halogens is 2. The molecule has 2 saturated heterocycles. The third-order valence-corrected chi connectivity index (χ3v) is 7.98. The summed E-state index contributed by atoms with van der Waals surface area (Å²) in [6.45, 7) is 8.17. The third-order valence-electron chi connectivity index (χ3n) is 7.55. The minimum absolute atomic E-state index is 0.140. The van der Waals surface area contributed by atoms with Crippen LogP contribution in [0.5, 0.6) is 11.8 Å². The van der Waals surface area contributed by atoms with Crippen LogP contribution in [-0.4, -0.2) is 72.4 Å². The topological polar surface area (TPSA) is 92.7 Å². The Bertz CT molecular complexity index is 1310. The molecular weight excluding hydrogens is 551 g/mol. The maximum atomic E-state index is 11.7. The van der Waals surface area contributed by atoms with E-state index in [2.05, 4.69) is 31.4 Å². The van der Waals surface area contributed by atoms with Crippen molar-refractivity contribution in [3.8, 4) is 23.0 Å². The molecule has 3 aromatic rings. The largest absolute Gasteiger partial charge is 0.469 e. The van der Waals surface area contributed by atoms with Crippen molar-refractivity contribution in [2.24, 2.45) is 5.92 Å². The number of esters is 1. The van der Waals surface area contributed by atoms with E-state index in [1.807, 2.05) is 31.2 Å². The predicted octanol–water partition coefficient (Wildman–Crippen LogP) is 5.13. The van der Waals surface area contributed by atoms with Gasteiger partial charge in [0.1, 0.15) is 0 Å². The highest BCUT2D eigenvalue weighted by Gasteiger charge is 2.23. The summed E-state index contributed by atoms with van der Waals surface area (Å²) < 4.78 is 11.1. The number of nitrogens with zero attached hydrogens (tertiary/aromatic N) is 5. The number of hydrogen-bond acceptors (Lipinski definition) is 9. The number of likely N-dealkylation sites (tertiary alicyclic amines) is 1. The van der Waals surface area contributed by atoms with E-state index in [9.17, 15) is 4.79 Å². The monoisotopic (exact) mass is 584 g/mol. The number of carbonyl (C=O) groups is 1. The molecule has 5 rings (SSSR count). The molecule has 2 aromatic heterocycles. The number of nitrogens with one attached hydrogen (secondary N) is 1. The molecule has 2 aliphatic rings. The second-order valence-electron chi connectivity index (χ2n) is 10.3. The van der Waals surface area contributed by atoms with Crippen LogP contribution in [0, 0.1) is 12.8 Å². The van der Waals surface area contributed by atoms with Gasteiger partial charge in [0.25, 0.3) is 0 Å². The Hall–Kier alpha value is -2.98. The molecule has 1 N–H and O–H groups in total. The summed E-state index contributed by atoms with van der Waals surface area (Å²) in [6, 6.07) is 11.2. The summed E-state index contributed by atoms with van der Waals surface area (Å²) in [7, 11) is 1.44. The minimum Gasteiger partial charge on any atom is -0.469 e. The number of methoxy groups -OCH3 is 1. The molecule has 0 radical (unpaired) electrons. The highest BCUT2D eigenvalue weighted by atomic mass is 35.5. The summed E-state index contributed by atoms with van der Waals surface area (Å²) in [6.07, 6.45) is 2.38. The minimum atomic E-state index is -0.140. The molecule has 212 valence electrons. The Morgan fingerprint density at radius 3 is 2.40 bits per heavy atom. The van der Waals surface area contributed by atoms with Crippen LogP contribution >= 0.6 is 23.2 Å². The Morgan fingerprint density at radius 2 is 1.75 bits per heavy atom. The van der Waals surface area contributed by atoms with E-state index in [0.29, 0.717) is 39.8 Å². The molecule has 0 unspecified atom stereocenters. The van der Waals surface area contributed by atoms with Gasteiger partial charge in [0, 0.05) is 66.4 Å². The first-order chi connectivity index (χ1) is 19.4. The quantitative estimate of drug-likeness (QED) is 0.361. The lowest BCUT2D eigenvalue weighted by atomic mass is 9.93. The van der Waals surface area contributed by atoms with E-state index in [4.69, 9.17) is 37.7 Å². The molecule has 2 aliphatic heterocycles.